The number of aromatic amines is 2. The van der Waals surface area contributed by atoms with Crippen LogP contribution in [0.1, 0.15) is 89.1 Å². The molecule has 0 bridgehead atoms. The van der Waals surface area contributed by atoms with E-state index in [0.717, 1.165) is 80.6 Å². The second kappa shape index (κ2) is 16.6. The van der Waals surface area contributed by atoms with Crippen molar-refractivity contribution < 1.29 is 33.3 Å². The highest BCUT2D eigenvalue weighted by molar-refractivity contribution is 6.07. The monoisotopic (exact) mass is 805 g/mol. The summed E-state index contributed by atoms with van der Waals surface area (Å²) < 4.78 is 22.3. The van der Waals surface area contributed by atoms with E-state index in [2.05, 4.69) is 72.5 Å². The largest absolute Gasteiger partial charge is 0.488 e. The third-order valence-electron chi connectivity index (χ3n) is 12.7. The highest BCUT2D eigenvalue weighted by Gasteiger charge is 2.43. The van der Waals surface area contributed by atoms with Crippen molar-refractivity contribution in [2.75, 3.05) is 34.5 Å². The van der Waals surface area contributed by atoms with Gasteiger partial charge in [0.15, 0.2) is 0 Å². The number of alkyl carbamates (subject to hydrolysis) is 1. The number of methoxy groups -OCH3 is 3. The maximum absolute atomic E-state index is 14.1. The van der Waals surface area contributed by atoms with Crippen molar-refractivity contribution in [3.05, 3.63) is 65.9 Å². The lowest BCUT2D eigenvalue weighted by Gasteiger charge is -2.30. The van der Waals surface area contributed by atoms with Crippen molar-refractivity contribution in [1.82, 2.24) is 35.1 Å². The van der Waals surface area contributed by atoms with Crippen LogP contribution in [0, 0.1) is 11.8 Å². The van der Waals surface area contributed by atoms with E-state index in [1.165, 1.54) is 14.2 Å². The number of H-pyrrole nitrogens is 2. The van der Waals surface area contributed by atoms with E-state index in [9.17, 15) is 14.4 Å². The molecule has 3 N–H and O–H groups in total. The van der Waals surface area contributed by atoms with Crippen LogP contribution in [0.3, 0.4) is 0 Å². The van der Waals surface area contributed by atoms with Gasteiger partial charge in [0.2, 0.25) is 11.8 Å². The summed E-state index contributed by atoms with van der Waals surface area (Å²) in [6.45, 7) is 9.47. The van der Waals surface area contributed by atoms with Gasteiger partial charge in [-0.25, -0.2) is 14.8 Å². The number of hydrogen-bond donors (Lipinski definition) is 3. The van der Waals surface area contributed by atoms with Crippen molar-refractivity contribution in [1.29, 1.82) is 0 Å². The predicted molar refractivity (Wildman–Crippen MR) is 224 cm³/mol. The number of rotatable bonds is 12. The van der Waals surface area contributed by atoms with E-state index in [1.54, 1.807) is 18.9 Å². The van der Waals surface area contributed by atoms with Gasteiger partial charge in [0.05, 0.1) is 54.8 Å². The molecule has 7 atom stereocenters. The van der Waals surface area contributed by atoms with Gasteiger partial charge in [0.25, 0.3) is 0 Å². The van der Waals surface area contributed by atoms with Gasteiger partial charge in [-0.1, -0.05) is 38.5 Å². The van der Waals surface area contributed by atoms with Crippen LogP contribution in [0.25, 0.3) is 44.2 Å². The SMILES string of the molecule is CC[C@H](C)CC(=O)N1[C@@H](C)CC[C@H]1c1ncc(-c2ccc3c(c2)COc2cc4c(ccc5[nH]c([C@@H]6C[C@H](COC)CN6C(=O)[C@@H](NC(=O)OC)[C@@H](C)OC)nc54)cc2-3)[nH]1. The average molecular weight is 806 g/mol. The van der Waals surface area contributed by atoms with E-state index >= 15 is 0 Å². The molecule has 0 radical (unpaired) electrons. The van der Waals surface area contributed by atoms with Crippen LogP contribution < -0.4 is 10.1 Å². The molecule has 5 heterocycles. The number of imidazole rings is 2. The fraction of sp³-hybridized carbons (Fsp3) is 0.489. The minimum Gasteiger partial charge on any atom is -0.488 e. The highest BCUT2D eigenvalue weighted by atomic mass is 16.5. The molecule has 3 amide bonds. The van der Waals surface area contributed by atoms with Crippen LogP contribution in [0.2, 0.25) is 0 Å². The summed E-state index contributed by atoms with van der Waals surface area (Å²) in [6.07, 6.45) is 4.61. The molecule has 0 spiro atoms. The molecule has 2 aromatic heterocycles. The van der Waals surface area contributed by atoms with Crippen molar-refractivity contribution in [2.45, 2.75) is 96.7 Å². The molecule has 59 heavy (non-hydrogen) atoms. The van der Waals surface area contributed by atoms with Gasteiger partial charge in [0, 0.05) is 50.1 Å². The number of nitrogens with zero attached hydrogens (tertiary/aromatic N) is 4. The molecule has 0 aliphatic carbocycles. The fourth-order valence-corrected chi connectivity index (χ4v) is 9.17. The maximum Gasteiger partial charge on any atom is 0.407 e. The average Bonchev–Trinajstić information content (AvgIpc) is 4.07. The zero-order valence-electron chi connectivity index (χ0n) is 35.0. The Labute approximate surface area is 344 Å². The zero-order valence-corrected chi connectivity index (χ0v) is 35.0. The van der Waals surface area contributed by atoms with Crippen molar-refractivity contribution in [3.8, 4) is 28.1 Å². The molecule has 2 fully saturated rings. The van der Waals surface area contributed by atoms with E-state index in [-0.39, 0.29) is 35.9 Å². The Morgan fingerprint density at radius 3 is 2.59 bits per heavy atom. The van der Waals surface area contributed by atoms with Gasteiger partial charge in [-0.05, 0) is 85.4 Å². The minimum absolute atomic E-state index is 0.0481. The molecule has 8 rings (SSSR count). The topological polar surface area (TPSA) is 164 Å². The first-order valence-electron chi connectivity index (χ1n) is 20.8. The van der Waals surface area contributed by atoms with Crippen molar-refractivity contribution >= 4 is 39.7 Å². The minimum atomic E-state index is -0.955. The fourth-order valence-electron chi connectivity index (χ4n) is 9.17. The summed E-state index contributed by atoms with van der Waals surface area (Å²) in [5.74, 6) is 2.63. The lowest BCUT2D eigenvalue weighted by atomic mass is 9.92. The summed E-state index contributed by atoms with van der Waals surface area (Å²) in [5, 5.41) is 4.62. The summed E-state index contributed by atoms with van der Waals surface area (Å²) in [4.78, 5) is 60.5. The Balaban J connectivity index is 1.06. The van der Waals surface area contributed by atoms with E-state index in [1.807, 2.05) is 17.2 Å². The Morgan fingerprint density at radius 2 is 1.83 bits per heavy atom. The van der Waals surface area contributed by atoms with Crippen LogP contribution in [0.4, 0.5) is 4.79 Å². The number of carbonyl (C=O) groups excluding carboxylic acids is 3. The Kier molecular flexibility index (Phi) is 11.4. The number of nitrogens with one attached hydrogen (secondary N) is 3. The molecule has 2 saturated heterocycles. The number of carbonyl (C=O) groups is 3. The Bertz CT molecular complexity index is 2370. The first kappa shape index (κ1) is 40.3. The number of fused-ring (bicyclic) bond motifs is 6. The third kappa shape index (κ3) is 7.64. The number of amides is 3. The lowest BCUT2D eigenvalue weighted by Crippen LogP contribution is -2.54. The van der Waals surface area contributed by atoms with E-state index < -0.39 is 18.2 Å². The number of likely N-dealkylation sites (tertiary alicyclic amines) is 2. The Morgan fingerprint density at radius 1 is 1.00 bits per heavy atom. The first-order chi connectivity index (χ1) is 28.5. The lowest BCUT2D eigenvalue weighted by molar-refractivity contribution is -0.138. The van der Waals surface area contributed by atoms with Crippen LogP contribution in [0.15, 0.2) is 48.7 Å². The van der Waals surface area contributed by atoms with Gasteiger partial charge >= 0.3 is 6.09 Å². The van der Waals surface area contributed by atoms with Crippen LogP contribution >= 0.6 is 0 Å². The molecule has 14 heteroatoms. The zero-order chi connectivity index (χ0) is 41.5. The molecule has 0 unspecified atom stereocenters. The number of ether oxygens (including phenoxy) is 4. The molecule has 3 aliphatic heterocycles. The normalized spacial score (nSPS) is 21.5. The van der Waals surface area contributed by atoms with Crippen LogP contribution in [-0.2, 0) is 30.4 Å². The van der Waals surface area contributed by atoms with Gasteiger partial charge in [-0.2, -0.15) is 0 Å². The molecule has 0 saturated carbocycles. The predicted octanol–water partition coefficient (Wildman–Crippen LogP) is 7.45. The molecule has 3 aliphatic rings. The summed E-state index contributed by atoms with van der Waals surface area (Å²) in [5.41, 5.74) is 6.75. The van der Waals surface area contributed by atoms with E-state index in [0.29, 0.717) is 44.3 Å². The molecule has 5 aromatic rings. The molecular formula is C45H55N7O7. The summed E-state index contributed by atoms with van der Waals surface area (Å²) in [6, 6.07) is 13.6. The molecular weight excluding hydrogens is 751 g/mol. The standard InChI is InChI=1S/C45H55N7O7/c1-8-24(2)15-39(53)52-25(3)9-14-36(52)42-46-20-35(48-42)29-10-12-31-30(17-29)23-59-38-19-32-28(18-33(31)38)11-13-34-41(32)49-43(47-34)37-16-27(22-56-5)21-51(37)44(54)40(26(4)57-6)50-45(55)58-7/h10-13,17-20,24-27,36-37,40H,8-9,14-16,21-23H2,1-7H3,(H,46,48)(H,47,49)(H,50,55)/t24-,25-,26+,27-,36-,37-,40-/m0/s1. The number of aromatic nitrogens is 4. The number of benzene rings is 3. The second-order valence-electron chi connectivity index (χ2n) is 16.6. The third-order valence-corrected chi connectivity index (χ3v) is 12.7. The summed E-state index contributed by atoms with van der Waals surface area (Å²) in [7, 11) is 4.42. The molecule has 3 aromatic carbocycles. The van der Waals surface area contributed by atoms with Crippen molar-refractivity contribution in [2.24, 2.45) is 11.8 Å². The molecule has 14 nitrogen and oxygen atoms in total. The summed E-state index contributed by atoms with van der Waals surface area (Å²) >= 11 is 0. The second-order valence-corrected chi connectivity index (χ2v) is 16.6. The van der Waals surface area contributed by atoms with Gasteiger partial charge in [-0.3, -0.25) is 9.59 Å². The number of hydrogen-bond acceptors (Lipinski definition) is 9. The van der Waals surface area contributed by atoms with Gasteiger partial charge in [0.1, 0.15) is 30.0 Å². The Hall–Kier alpha value is -5.47. The first-order valence-corrected chi connectivity index (χ1v) is 20.8. The van der Waals surface area contributed by atoms with Gasteiger partial charge < -0.3 is 44.0 Å². The molecule has 312 valence electrons. The quantitative estimate of drug-likeness (QED) is 0.116. The smallest absolute Gasteiger partial charge is 0.407 e. The van der Waals surface area contributed by atoms with Crippen molar-refractivity contribution in [3.63, 3.8) is 0 Å². The highest BCUT2D eigenvalue weighted by Crippen LogP contribution is 2.44. The van der Waals surface area contributed by atoms with Crippen LogP contribution in [-0.4, -0.2) is 100 Å². The van der Waals surface area contributed by atoms with Crippen LogP contribution in [0.5, 0.6) is 5.75 Å². The van der Waals surface area contributed by atoms with Gasteiger partial charge in [-0.15, -0.1) is 0 Å². The van der Waals surface area contributed by atoms with E-state index in [4.69, 9.17) is 28.9 Å². The maximum atomic E-state index is 14.1.